The SMILES string of the molecule is CC(=O)N[C@@H]1[C@@H](OCc2ccccc2)O[C@H](COCc2ccccc2)[C@@H](OCc2ccccc2)[C@@H]1OC(C)=O. The molecule has 3 aromatic rings. The van der Waals surface area contributed by atoms with Crippen molar-refractivity contribution in [2.45, 2.75) is 64.3 Å². The molecule has 39 heavy (non-hydrogen) atoms. The van der Waals surface area contributed by atoms with Gasteiger partial charge in [0.25, 0.3) is 0 Å². The van der Waals surface area contributed by atoms with Gasteiger partial charge in [0.05, 0.1) is 26.4 Å². The molecule has 1 saturated heterocycles. The maximum Gasteiger partial charge on any atom is 0.303 e. The van der Waals surface area contributed by atoms with Gasteiger partial charge in [0.2, 0.25) is 5.91 Å². The first-order chi connectivity index (χ1) is 19.0. The summed E-state index contributed by atoms with van der Waals surface area (Å²) in [6, 6.07) is 28.3. The van der Waals surface area contributed by atoms with E-state index in [0.29, 0.717) is 6.61 Å². The van der Waals surface area contributed by atoms with Gasteiger partial charge in [-0.15, -0.1) is 0 Å². The minimum absolute atomic E-state index is 0.157. The van der Waals surface area contributed by atoms with E-state index in [1.165, 1.54) is 13.8 Å². The van der Waals surface area contributed by atoms with Crippen molar-refractivity contribution >= 4 is 11.9 Å². The van der Waals surface area contributed by atoms with Crippen LogP contribution in [-0.2, 0) is 53.1 Å². The third kappa shape index (κ3) is 8.73. The maximum atomic E-state index is 12.3. The van der Waals surface area contributed by atoms with Crippen LogP contribution < -0.4 is 5.32 Å². The summed E-state index contributed by atoms with van der Waals surface area (Å²) in [6.45, 7) is 3.74. The summed E-state index contributed by atoms with van der Waals surface area (Å²) in [7, 11) is 0. The Hall–Kier alpha value is -3.56. The summed E-state index contributed by atoms with van der Waals surface area (Å²) in [5.74, 6) is -0.814. The van der Waals surface area contributed by atoms with Crippen molar-refractivity contribution in [2.75, 3.05) is 6.61 Å². The third-order valence-corrected chi connectivity index (χ3v) is 6.25. The van der Waals surface area contributed by atoms with Gasteiger partial charge in [0.15, 0.2) is 12.4 Å². The second-order valence-corrected chi connectivity index (χ2v) is 9.40. The number of nitrogens with one attached hydrogen (secondary N) is 1. The number of esters is 1. The number of carbonyl (C=O) groups excluding carboxylic acids is 2. The van der Waals surface area contributed by atoms with Gasteiger partial charge in [0, 0.05) is 13.8 Å². The van der Waals surface area contributed by atoms with E-state index in [1.807, 2.05) is 91.0 Å². The Kier molecular flexibility index (Phi) is 10.6. The number of carbonyl (C=O) groups is 2. The molecule has 1 amide bonds. The highest BCUT2D eigenvalue weighted by Gasteiger charge is 2.50. The van der Waals surface area contributed by atoms with Gasteiger partial charge < -0.3 is 29.0 Å². The van der Waals surface area contributed by atoms with Crippen LogP contribution in [0.3, 0.4) is 0 Å². The fraction of sp³-hybridized carbons (Fsp3) is 0.355. The molecule has 206 valence electrons. The highest BCUT2D eigenvalue weighted by Crippen LogP contribution is 2.29. The van der Waals surface area contributed by atoms with Crippen LogP contribution in [0.4, 0.5) is 0 Å². The lowest BCUT2D eigenvalue weighted by molar-refractivity contribution is -0.287. The molecule has 3 aromatic carbocycles. The Morgan fingerprint density at radius 3 is 1.74 bits per heavy atom. The van der Waals surface area contributed by atoms with Gasteiger partial charge in [-0.1, -0.05) is 91.0 Å². The Morgan fingerprint density at radius 2 is 1.23 bits per heavy atom. The normalized spacial score (nSPS) is 22.7. The molecule has 0 aromatic heterocycles. The van der Waals surface area contributed by atoms with E-state index in [4.69, 9.17) is 23.7 Å². The topological polar surface area (TPSA) is 92.3 Å². The Balaban J connectivity index is 1.58. The molecule has 1 aliphatic rings. The van der Waals surface area contributed by atoms with Gasteiger partial charge in [-0.2, -0.15) is 0 Å². The molecule has 0 radical (unpaired) electrons. The van der Waals surface area contributed by atoms with Gasteiger partial charge in [-0.3, -0.25) is 9.59 Å². The maximum absolute atomic E-state index is 12.3. The Labute approximate surface area is 229 Å². The first kappa shape index (κ1) is 28.4. The second-order valence-electron chi connectivity index (χ2n) is 9.40. The van der Waals surface area contributed by atoms with Crippen molar-refractivity contribution in [1.82, 2.24) is 5.32 Å². The third-order valence-electron chi connectivity index (χ3n) is 6.25. The smallest absolute Gasteiger partial charge is 0.303 e. The van der Waals surface area contributed by atoms with Crippen LogP contribution in [-0.4, -0.2) is 49.1 Å². The van der Waals surface area contributed by atoms with E-state index in [0.717, 1.165) is 16.7 Å². The van der Waals surface area contributed by atoms with Crippen molar-refractivity contribution in [1.29, 1.82) is 0 Å². The molecule has 0 spiro atoms. The zero-order valence-electron chi connectivity index (χ0n) is 22.2. The van der Waals surface area contributed by atoms with Gasteiger partial charge in [-0.05, 0) is 16.7 Å². The zero-order valence-corrected chi connectivity index (χ0v) is 22.2. The quantitative estimate of drug-likeness (QED) is 0.350. The molecule has 8 heteroatoms. The van der Waals surface area contributed by atoms with Crippen molar-refractivity contribution < 1.29 is 33.3 Å². The molecule has 4 rings (SSSR count). The zero-order chi connectivity index (χ0) is 27.5. The number of amides is 1. The summed E-state index contributed by atoms with van der Waals surface area (Å²) >= 11 is 0. The number of ether oxygens (including phenoxy) is 5. The van der Waals surface area contributed by atoms with E-state index in [1.54, 1.807) is 0 Å². The molecule has 1 fully saturated rings. The number of hydrogen-bond donors (Lipinski definition) is 1. The molecule has 0 unspecified atom stereocenters. The Morgan fingerprint density at radius 1 is 0.718 bits per heavy atom. The predicted molar refractivity (Wildman–Crippen MR) is 144 cm³/mol. The summed E-state index contributed by atoms with van der Waals surface area (Å²) in [5.41, 5.74) is 2.90. The summed E-state index contributed by atoms with van der Waals surface area (Å²) in [5, 5.41) is 2.87. The van der Waals surface area contributed by atoms with Crippen LogP contribution in [0.15, 0.2) is 91.0 Å². The fourth-order valence-electron chi connectivity index (χ4n) is 4.49. The molecule has 8 nitrogen and oxygen atoms in total. The molecule has 1 heterocycles. The van der Waals surface area contributed by atoms with Crippen molar-refractivity contribution in [2.24, 2.45) is 0 Å². The van der Waals surface area contributed by atoms with Crippen LogP contribution in [0.5, 0.6) is 0 Å². The highest BCUT2D eigenvalue weighted by molar-refractivity contribution is 5.73. The lowest BCUT2D eigenvalue weighted by atomic mass is 9.96. The standard InChI is InChI=1S/C31H35NO7/c1-22(33)32-28-30(38-23(2)34)29(36-19-25-14-8-4-9-15-25)27(21-35-18-24-12-6-3-7-13-24)39-31(28)37-20-26-16-10-5-11-17-26/h3-17,27-31H,18-21H2,1-2H3,(H,32,33)/t27-,28+,29-,30-,31+/m1/s1. The van der Waals surface area contributed by atoms with Crippen molar-refractivity contribution in [3.63, 3.8) is 0 Å². The lowest BCUT2D eigenvalue weighted by Crippen LogP contribution is -2.66. The molecular formula is C31H35NO7. The molecule has 0 aliphatic carbocycles. The average molecular weight is 534 g/mol. The Bertz CT molecular complexity index is 1160. The van der Waals surface area contributed by atoms with E-state index in [2.05, 4.69) is 5.32 Å². The summed E-state index contributed by atoms with van der Waals surface area (Å²) < 4.78 is 30.7. The predicted octanol–water partition coefficient (Wildman–Crippen LogP) is 4.17. The van der Waals surface area contributed by atoms with E-state index in [-0.39, 0.29) is 25.7 Å². The highest BCUT2D eigenvalue weighted by atomic mass is 16.7. The minimum atomic E-state index is -0.916. The fourth-order valence-corrected chi connectivity index (χ4v) is 4.49. The monoisotopic (exact) mass is 533 g/mol. The van der Waals surface area contributed by atoms with Gasteiger partial charge in [0.1, 0.15) is 18.2 Å². The largest absolute Gasteiger partial charge is 0.457 e. The lowest BCUT2D eigenvalue weighted by Gasteiger charge is -2.45. The second kappa shape index (κ2) is 14.6. The summed E-state index contributed by atoms with van der Waals surface area (Å²) in [6.07, 6.45) is -3.18. The van der Waals surface area contributed by atoms with E-state index < -0.39 is 36.6 Å². The molecule has 5 atom stereocenters. The molecule has 0 saturated carbocycles. The van der Waals surface area contributed by atoms with E-state index >= 15 is 0 Å². The molecule has 0 bridgehead atoms. The number of benzene rings is 3. The first-order valence-electron chi connectivity index (χ1n) is 13.0. The summed E-state index contributed by atoms with van der Waals surface area (Å²) in [4.78, 5) is 24.5. The van der Waals surface area contributed by atoms with Gasteiger partial charge >= 0.3 is 5.97 Å². The van der Waals surface area contributed by atoms with Crippen LogP contribution >= 0.6 is 0 Å². The van der Waals surface area contributed by atoms with Crippen LogP contribution in [0, 0.1) is 0 Å². The molecule has 1 N–H and O–H groups in total. The minimum Gasteiger partial charge on any atom is -0.457 e. The van der Waals surface area contributed by atoms with Crippen LogP contribution in [0.25, 0.3) is 0 Å². The number of rotatable bonds is 12. The van der Waals surface area contributed by atoms with E-state index in [9.17, 15) is 9.59 Å². The first-order valence-corrected chi connectivity index (χ1v) is 13.0. The van der Waals surface area contributed by atoms with Crippen molar-refractivity contribution in [3.8, 4) is 0 Å². The van der Waals surface area contributed by atoms with Gasteiger partial charge in [-0.25, -0.2) is 0 Å². The van der Waals surface area contributed by atoms with Crippen LogP contribution in [0.2, 0.25) is 0 Å². The molecular weight excluding hydrogens is 498 g/mol. The molecule has 1 aliphatic heterocycles. The average Bonchev–Trinajstić information content (AvgIpc) is 2.94. The van der Waals surface area contributed by atoms with Crippen LogP contribution in [0.1, 0.15) is 30.5 Å². The van der Waals surface area contributed by atoms with Crippen molar-refractivity contribution in [3.05, 3.63) is 108 Å². The number of hydrogen-bond acceptors (Lipinski definition) is 7.